The summed E-state index contributed by atoms with van der Waals surface area (Å²) in [6, 6.07) is 11.5. The molecular weight excluding hydrogens is 352 g/mol. The molecule has 0 bridgehead atoms. The predicted octanol–water partition coefficient (Wildman–Crippen LogP) is 3.75. The number of benzene rings is 2. The Bertz CT molecular complexity index is 804. The Balaban J connectivity index is 2.01. The molecular formula is C20H23ClN2O3. The lowest BCUT2D eigenvalue weighted by molar-refractivity contribution is -0.116. The summed E-state index contributed by atoms with van der Waals surface area (Å²) >= 11 is 6.17. The summed E-state index contributed by atoms with van der Waals surface area (Å²) in [5, 5.41) is 3.29. The molecule has 1 N–H and O–H groups in total. The van der Waals surface area contributed by atoms with E-state index in [0.29, 0.717) is 23.1 Å². The second-order valence-corrected chi connectivity index (χ2v) is 6.26. The van der Waals surface area contributed by atoms with Gasteiger partial charge in [0.05, 0.1) is 19.2 Å². The smallest absolute Gasteiger partial charge is 0.244 e. The molecule has 138 valence electrons. The van der Waals surface area contributed by atoms with E-state index >= 15 is 0 Å². The molecule has 0 unspecified atom stereocenters. The quantitative estimate of drug-likeness (QED) is 0.750. The van der Waals surface area contributed by atoms with Gasteiger partial charge in [0.1, 0.15) is 0 Å². The maximum Gasteiger partial charge on any atom is 0.244 e. The van der Waals surface area contributed by atoms with Crippen LogP contribution in [0.4, 0.5) is 5.69 Å². The fraction of sp³-hybridized carbons (Fsp3) is 0.250. The number of hydrogen-bond acceptors (Lipinski definition) is 4. The summed E-state index contributed by atoms with van der Waals surface area (Å²) in [4.78, 5) is 14.1. The molecule has 0 saturated heterocycles. The minimum absolute atomic E-state index is 0.189. The summed E-state index contributed by atoms with van der Waals surface area (Å²) in [6.07, 6.45) is 3.15. The second kappa shape index (κ2) is 9.15. The molecule has 0 spiro atoms. The maximum absolute atomic E-state index is 12.1. The molecule has 26 heavy (non-hydrogen) atoms. The van der Waals surface area contributed by atoms with Crippen molar-refractivity contribution in [1.29, 1.82) is 0 Å². The molecule has 0 aromatic heterocycles. The number of carbonyl (C=O) groups is 1. The number of nitrogens with one attached hydrogen (secondary N) is 1. The number of anilines is 1. The first kappa shape index (κ1) is 19.7. The largest absolute Gasteiger partial charge is 0.493 e. The van der Waals surface area contributed by atoms with E-state index < -0.39 is 0 Å². The van der Waals surface area contributed by atoms with Crippen molar-refractivity contribution in [3.8, 4) is 11.5 Å². The third-order valence-electron chi connectivity index (χ3n) is 3.78. The van der Waals surface area contributed by atoms with Gasteiger partial charge in [0, 0.05) is 32.4 Å². The molecule has 2 aromatic rings. The molecule has 0 aliphatic heterocycles. The molecule has 5 nitrogen and oxygen atoms in total. The lowest BCUT2D eigenvalue weighted by atomic mass is 10.1. The van der Waals surface area contributed by atoms with Gasteiger partial charge in [-0.05, 0) is 41.5 Å². The summed E-state index contributed by atoms with van der Waals surface area (Å²) in [6.45, 7) is 0.456. The van der Waals surface area contributed by atoms with E-state index in [1.165, 1.54) is 20.3 Å². The van der Waals surface area contributed by atoms with Crippen molar-refractivity contribution in [2.45, 2.75) is 6.54 Å². The number of rotatable bonds is 7. The van der Waals surface area contributed by atoms with Gasteiger partial charge in [-0.15, -0.1) is 0 Å². The standard InChI is InChI=1S/C20H23ClN2O3/c1-23(2)16-7-5-6-15(10-16)13-22-19(24)9-8-14-11-17(21)20(26-4)18(12-14)25-3/h5-12H,13H2,1-4H3,(H,22,24)/b9-8+. The SMILES string of the molecule is COc1cc(/C=C/C(=O)NCc2cccc(N(C)C)c2)cc(Cl)c1OC. The van der Waals surface area contributed by atoms with Crippen molar-refractivity contribution >= 4 is 29.3 Å². The second-order valence-electron chi connectivity index (χ2n) is 5.85. The van der Waals surface area contributed by atoms with Crippen LogP contribution >= 0.6 is 11.6 Å². The van der Waals surface area contributed by atoms with E-state index in [1.54, 1.807) is 18.2 Å². The van der Waals surface area contributed by atoms with Crippen LogP contribution in [0.2, 0.25) is 5.02 Å². The number of hydrogen-bond donors (Lipinski definition) is 1. The topological polar surface area (TPSA) is 50.8 Å². The fourth-order valence-electron chi connectivity index (χ4n) is 2.40. The van der Waals surface area contributed by atoms with Crippen molar-refractivity contribution < 1.29 is 14.3 Å². The van der Waals surface area contributed by atoms with Crippen LogP contribution in [0, 0.1) is 0 Å². The van der Waals surface area contributed by atoms with Crippen molar-refractivity contribution in [2.75, 3.05) is 33.2 Å². The predicted molar refractivity (Wildman–Crippen MR) is 106 cm³/mol. The van der Waals surface area contributed by atoms with E-state index in [-0.39, 0.29) is 5.91 Å². The molecule has 0 aliphatic carbocycles. The van der Waals surface area contributed by atoms with Crippen LogP contribution in [0.1, 0.15) is 11.1 Å². The highest BCUT2D eigenvalue weighted by atomic mass is 35.5. The number of methoxy groups -OCH3 is 2. The van der Waals surface area contributed by atoms with Crippen molar-refractivity contribution in [1.82, 2.24) is 5.32 Å². The summed E-state index contributed by atoms with van der Waals surface area (Å²) in [7, 11) is 7.03. The monoisotopic (exact) mass is 374 g/mol. The molecule has 2 aromatic carbocycles. The van der Waals surface area contributed by atoms with Gasteiger partial charge in [-0.1, -0.05) is 23.7 Å². The Morgan fingerprint density at radius 2 is 1.96 bits per heavy atom. The minimum Gasteiger partial charge on any atom is -0.493 e. The first-order chi connectivity index (χ1) is 12.4. The summed E-state index contributed by atoms with van der Waals surface area (Å²) in [5.74, 6) is 0.795. The zero-order valence-corrected chi connectivity index (χ0v) is 16.1. The molecule has 0 heterocycles. The number of nitrogens with zero attached hydrogens (tertiary/aromatic N) is 1. The van der Waals surface area contributed by atoms with Crippen molar-refractivity contribution in [3.63, 3.8) is 0 Å². The number of halogens is 1. The van der Waals surface area contributed by atoms with Gasteiger partial charge in [0.25, 0.3) is 0 Å². The Kier molecular flexibility index (Phi) is 6.92. The first-order valence-corrected chi connectivity index (χ1v) is 8.46. The van der Waals surface area contributed by atoms with E-state index in [9.17, 15) is 4.79 Å². The number of ether oxygens (including phenoxy) is 2. The van der Waals surface area contributed by atoms with E-state index in [0.717, 1.165) is 16.8 Å². The highest BCUT2D eigenvalue weighted by Crippen LogP contribution is 2.36. The molecule has 6 heteroatoms. The minimum atomic E-state index is -0.189. The van der Waals surface area contributed by atoms with Gasteiger partial charge in [-0.2, -0.15) is 0 Å². The average Bonchev–Trinajstić information content (AvgIpc) is 2.64. The van der Waals surface area contributed by atoms with E-state index in [2.05, 4.69) is 5.32 Å². The molecule has 0 atom stereocenters. The van der Waals surface area contributed by atoms with Crippen LogP contribution < -0.4 is 19.7 Å². The van der Waals surface area contributed by atoms with E-state index in [4.69, 9.17) is 21.1 Å². The molecule has 0 radical (unpaired) electrons. The maximum atomic E-state index is 12.1. The zero-order valence-electron chi connectivity index (χ0n) is 15.4. The summed E-state index contributed by atoms with van der Waals surface area (Å²) < 4.78 is 10.5. The van der Waals surface area contributed by atoms with Gasteiger partial charge in [-0.3, -0.25) is 4.79 Å². The Hall–Kier alpha value is -2.66. The molecule has 0 saturated carbocycles. The Morgan fingerprint density at radius 3 is 2.62 bits per heavy atom. The van der Waals surface area contributed by atoms with Crippen LogP contribution in [-0.4, -0.2) is 34.2 Å². The number of amides is 1. The van der Waals surface area contributed by atoms with Crippen LogP contribution in [-0.2, 0) is 11.3 Å². The third-order valence-corrected chi connectivity index (χ3v) is 4.06. The fourth-order valence-corrected chi connectivity index (χ4v) is 2.69. The average molecular weight is 375 g/mol. The van der Waals surface area contributed by atoms with Gasteiger partial charge < -0.3 is 19.7 Å². The van der Waals surface area contributed by atoms with Crippen LogP contribution in [0.25, 0.3) is 6.08 Å². The molecule has 0 fully saturated rings. The lowest BCUT2D eigenvalue weighted by Crippen LogP contribution is -2.20. The van der Waals surface area contributed by atoms with Gasteiger partial charge in [-0.25, -0.2) is 0 Å². The third kappa shape index (κ3) is 5.17. The first-order valence-electron chi connectivity index (χ1n) is 8.08. The van der Waals surface area contributed by atoms with Crippen LogP contribution in [0.15, 0.2) is 42.5 Å². The van der Waals surface area contributed by atoms with Crippen molar-refractivity contribution in [2.24, 2.45) is 0 Å². The number of carbonyl (C=O) groups excluding carboxylic acids is 1. The van der Waals surface area contributed by atoms with Crippen LogP contribution in [0.5, 0.6) is 11.5 Å². The zero-order chi connectivity index (χ0) is 19.1. The molecule has 0 aliphatic rings. The Morgan fingerprint density at radius 1 is 1.19 bits per heavy atom. The molecule has 1 amide bonds. The van der Waals surface area contributed by atoms with Crippen molar-refractivity contribution in [3.05, 3.63) is 58.6 Å². The van der Waals surface area contributed by atoms with E-state index in [1.807, 2.05) is 43.3 Å². The van der Waals surface area contributed by atoms with Crippen LogP contribution in [0.3, 0.4) is 0 Å². The summed E-state index contributed by atoms with van der Waals surface area (Å²) in [5.41, 5.74) is 2.87. The van der Waals surface area contributed by atoms with Gasteiger partial charge in [0.15, 0.2) is 11.5 Å². The highest BCUT2D eigenvalue weighted by molar-refractivity contribution is 6.32. The Labute approximate surface area is 159 Å². The molecule has 2 rings (SSSR count). The lowest BCUT2D eigenvalue weighted by Gasteiger charge is -2.13. The van der Waals surface area contributed by atoms with Gasteiger partial charge >= 0.3 is 0 Å². The normalized spacial score (nSPS) is 10.7. The highest BCUT2D eigenvalue weighted by Gasteiger charge is 2.09. The van der Waals surface area contributed by atoms with Gasteiger partial charge in [0.2, 0.25) is 5.91 Å².